The highest BCUT2D eigenvalue weighted by molar-refractivity contribution is 6.19. The molecule has 0 atom stereocenters. The zero-order valence-electron chi connectivity index (χ0n) is 52.1. The Kier molecular flexibility index (Phi) is 12.8. The average Bonchev–Trinajstić information content (AvgIpc) is 1.56. The van der Waals surface area contributed by atoms with Gasteiger partial charge in [-0.25, -0.2) is 0 Å². The minimum Gasteiger partial charge on any atom is -0.454 e. The molecule has 15 aromatic carbocycles. The first-order chi connectivity index (χ1) is 47.6. The Hall–Kier alpha value is -12.9. The molecule has 0 amide bonds. The zero-order valence-corrected chi connectivity index (χ0v) is 52.1. The summed E-state index contributed by atoms with van der Waals surface area (Å²) in [5.41, 5.74) is 25.0. The Bertz CT molecular complexity index is 6170. The highest BCUT2D eigenvalue weighted by atomic mass is 16.3. The molecule has 450 valence electrons. The zero-order chi connectivity index (χ0) is 63.2. The number of furan rings is 2. The van der Waals surface area contributed by atoms with Crippen molar-refractivity contribution < 1.29 is 8.83 Å². The lowest BCUT2D eigenvalue weighted by molar-refractivity contribution is 0.669. The van der Waals surface area contributed by atoms with Crippen molar-refractivity contribution in [3.8, 4) is 55.9 Å². The van der Waals surface area contributed by atoms with Crippen molar-refractivity contribution >= 4 is 122 Å². The number of para-hydroxylation sites is 6. The van der Waals surface area contributed by atoms with Crippen molar-refractivity contribution in [2.75, 3.05) is 9.80 Å². The van der Waals surface area contributed by atoms with Crippen LogP contribution in [0.2, 0.25) is 0 Å². The molecule has 0 radical (unpaired) electrons. The molecule has 19 aromatic rings. The third-order valence-corrected chi connectivity index (χ3v) is 19.3. The van der Waals surface area contributed by atoms with Crippen LogP contribution in [0.4, 0.5) is 34.1 Å². The van der Waals surface area contributed by atoms with Gasteiger partial charge in [-0.15, -0.1) is 0 Å². The molecule has 0 saturated carbocycles. The normalized spacial score (nSPS) is 11.8. The molecule has 6 nitrogen and oxygen atoms in total. The lowest BCUT2D eigenvalue weighted by atomic mass is 9.97. The Morgan fingerprint density at radius 2 is 0.594 bits per heavy atom. The number of nitrogens with zero attached hydrogens (tertiary/aromatic N) is 4. The molecule has 0 aliphatic rings. The van der Waals surface area contributed by atoms with E-state index in [9.17, 15) is 0 Å². The molecular formula is C90H58N4O2. The summed E-state index contributed by atoms with van der Waals surface area (Å²) in [4.78, 5) is 4.73. The van der Waals surface area contributed by atoms with Crippen molar-refractivity contribution in [2.45, 2.75) is 0 Å². The fourth-order valence-electron chi connectivity index (χ4n) is 14.8. The van der Waals surface area contributed by atoms with Gasteiger partial charge in [0.1, 0.15) is 11.2 Å². The summed E-state index contributed by atoms with van der Waals surface area (Å²) in [7, 11) is 0. The number of benzene rings is 15. The Balaban J connectivity index is 0.785. The monoisotopic (exact) mass is 1230 g/mol. The van der Waals surface area contributed by atoms with Crippen LogP contribution in [0.1, 0.15) is 0 Å². The molecule has 0 aliphatic heterocycles. The number of hydrogen-bond acceptors (Lipinski definition) is 4. The highest BCUT2D eigenvalue weighted by Gasteiger charge is 2.27. The van der Waals surface area contributed by atoms with Gasteiger partial charge in [0.2, 0.25) is 0 Å². The number of aromatic nitrogens is 2. The third-order valence-electron chi connectivity index (χ3n) is 19.3. The molecule has 4 aromatic heterocycles. The van der Waals surface area contributed by atoms with Gasteiger partial charge in [0.15, 0.2) is 11.2 Å². The molecule has 0 N–H and O–H groups in total. The van der Waals surface area contributed by atoms with Crippen LogP contribution in [0, 0.1) is 0 Å². The SMILES string of the molecule is c1ccc(-c2ccc(-c3ccc(N(c4ccc5c6ccc(-c7ccc(N(c8ccc(-c9ccccc9)cc8)c8ccc9c%10ccccc%10n(-c%10ccccc%10)c9c8)c8oc9ccccc9c78)cc6n(-c6ccccc6)c5c4)c4cccc5c4oc4ccccc45)cc3)cc2)cc1. The first-order valence-electron chi connectivity index (χ1n) is 32.7. The molecule has 0 aliphatic carbocycles. The number of hydrogen-bond donors (Lipinski definition) is 0. The maximum atomic E-state index is 7.26. The van der Waals surface area contributed by atoms with Crippen molar-refractivity contribution in [1.82, 2.24) is 9.13 Å². The lowest BCUT2D eigenvalue weighted by Gasteiger charge is -2.26. The Morgan fingerprint density at radius 1 is 0.219 bits per heavy atom. The van der Waals surface area contributed by atoms with Crippen LogP contribution < -0.4 is 9.80 Å². The average molecular weight is 1230 g/mol. The minimum absolute atomic E-state index is 0.798. The van der Waals surface area contributed by atoms with Gasteiger partial charge in [0, 0.05) is 77.2 Å². The number of fused-ring (bicyclic) bond motifs is 12. The summed E-state index contributed by atoms with van der Waals surface area (Å²) < 4.78 is 18.9. The lowest BCUT2D eigenvalue weighted by Crippen LogP contribution is -2.10. The van der Waals surface area contributed by atoms with Crippen molar-refractivity contribution in [2.24, 2.45) is 0 Å². The van der Waals surface area contributed by atoms with E-state index >= 15 is 0 Å². The fourth-order valence-corrected chi connectivity index (χ4v) is 14.8. The van der Waals surface area contributed by atoms with Gasteiger partial charge in [-0.1, -0.05) is 243 Å². The Labute approximate surface area is 553 Å². The fraction of sp³-hybridized carbons (Fsp3) is 0. The molecule has 6 heteroatoms. The van der Waals surface area contributed by atoms with E-state index in [1.54, 1.807) is 0 Å². The number of anilines is 6. The molecule has 96 heavy (non-hydrogen) atoms. The molecule has 0 spiro atoms. The van der Waals surface area contributed by atoms with Crippen LogP contribution in [0.15, 0.2) is 361 Å². The maximum Gasteiger partial charge on any atom is 0.160 e. The van der Waals surface area contributed by atoms with E-state index in [0.29, 0.717) is 0 Å². The number of rotatable bonds is 12. The van der Waals surface area contributed by atoms with Gasteiger partial charge in [0.25, 0.3) is 0 Å². The van der Waals surface area contributed by atoms with Crippen LogP contribution in [0.3, 0.4) is 0 Å². The second-order valence-corrected chi connectivity index (χ2v) is 24.8. The van der Waals surface area contributed by atoms with Crippen LogP contribution in [0.5, 0.6) is 0 Å². The highest BCUT2D eigenvalue weighted by Crippen LogP contribution is 2.50. The maximum absolute atomic E-state index is 7.26. The van der Waals surface area contributed by atoms with Crippen molar-refractivity contribution in [3.63, 3.8) is 0 Å². The molecule has 0 bridgehead atoms. The van der Waals surface area contributed by atoms with Crippen LogP contribution in [0.25, 0.3) is 143 Å². The first-order valence-corrected chi connectivity index (χ1v) is 32.7. The van der Waals surface area contributed by atoms with Gasteiger partial charge < -0.3 is 27.8 Å². The summed E-state index contributed by atoms with van der Waals surface area (Å²) in [6.45, 7) is 0. The van der Waals surface area contributed by atoms with E-state index in [-0.39, 0.29) is 0 Å². The van der Waals surface area contributed by atoms with Crippen LogP contribution in [-0.4, -0.2) is 9.13 Å². The topological polar surface area (TPSA) is 42.6 Å². The molecule has 0 unspecified atom stereocenters. The van der Waals surface area contributed by atoms with Crippen LogP contribution >= 0.6 is 0 Å². The summed E-state index contributed by atoms with van der Waals surface area (Å²) in [6, 6.07) is 127. The largest absolute Gasteiger partial charge is 0.454 e. The summed E-state index contributed by atoms with van der Waals surface area (Å²) in [5.74, 6) is 0. The van der Waals surface area contributed by atoms with E-state index in [2.05, 4.69) is 365 Å². The van der Waals surface area contributed by atoms with Gasteiger partial charge >= 0.3 is 0 Å². The molecule has 0 saturated heterocycles. The van der Waals surface area contributed by atoms with Crippen LogP contribution in [-0.2, 0) is 0 Å². The second-order valence-electron chi connectivity index (χ2n) is 24.8. The molecule has 19 rings (SSSR count). The van der Waals surface area contributed by atoms with Crippen molar-refractivity contribution in [1.29, 1.82) is 0 Å². The second kappa shape index (κ2) is 22.4. The Morgan fingerprint density at radius 3 is 1.16 bits per heavy atom. The van der Waals surface area contributed by atoms with E-state index in [1.807, 2.05) is 6.07 Å². The summed E-state index contributed by atoms with van der Waals surface area (Å²) in [6.07, 6.45) is 0. The first kappa shape index (κ1) is 54.8. The van der Waals surface area contributed by atoms with E-state index in [0.717, 1.165) is 150 Å². The predicted molar refractivity (Wildman–Crippen MR) is 401 cm³/mol. The summed E-state index contributed by atoms with van der Waals surface area (Å²) >= 11 is 0. The van der Waals surface area contributed by atoms with E-state index in [4.69, 9.17) is 8.83 Å². The molecular weight excluding hydrogens is 1170 g/mol. The van der Waals surface area contributed by atoms with E-state index in [1.165, 1.54) is 27.5 Å². The van der Waals surface area contributed by atoms with Gasteiger partial charge in [-0.05, 0) is 154 Å². The molecule has 4 heterocycles. The standard InChI is InChI=1S/C90H58N4O2/c1-5-20-59(21-6-1)61-36-38-62(39-37-61)64-42-47-68(48-43-64)91(81-33-19-31-78-77-29-14-17-34-86(77)95-89(78)81)70-50-53-76-74-51-44-65(56-83(74)94(85(76)58-70)67-26-11-4-12-27-67)72-54-55-82(90-88(72)79-30-15-18-35-87(79)96-90)92(69-45-40-63(41-46-69)60-22-7-2-8-23-60)71-49-52-75-73-28-13-16-32-80(73)93(84(75)57-71)66-24-9-3-10-25-66/h1-58H. The van der Waals surface area contributed by atoms with Gasteiger partial charge in [0.05, 0.1) is 33.4 Å². The summed E-state index contributed by atoms with van der Waals surface area (Å²) in [5, 5.41) is 8.93. The smallest absolute Gasteiger partial charge is 0.160 e. The van der Waals surface area contributed by atoms with E-state index < -0.39 is 0 Å². The minimum atomic E-state index is 0.798. The third kappa shape index (κ3) is 9.03. The van der Waals surface area contributed by atoms with Crippen molar-refractivity contribution in [3.05, 3.63) is 352 Å². The quantitative estimate of drug-likeness (QED) is 0.122. The van der Waals surface area contributed by atoms with Gasteiger partial charge in [-0.2, -0.15) is 0 Å². The van der Waals surface area contributed by atoms with Gasteiger partial charge in [-0.3, -0.25) is 0 Å². The predicted octanol–water partition coefficient (Wildman–Crippen LogP) is 25.3. The molecule has 0 fully saturated rings.